The van der Waals surface area contributed by atoms with Crippen LogP contribution in [0.1, 0.15) is 43.3 Å². The van der Waals surface area contributed by atoms with Gasteiger partial charge in [0, 0.05) is 24.0 Å². The molecule has 17 heavy (non-hydrogen) atoms. The van der Waals surface area contributed by atoms with Gasteiger partial charge >= 0.3 is 0 Å². The van der Waals surface area contributed by atoms with Gasteiger partial charge in [-0.25, -0.2) is 4.98 Å². The highest BCUT2D eigenvalue weighted by Crippen LogP contribution is 2.32. The lowest BCUT2D eigenvalue weighted by atomic mass is 10.00. The summed E-state index contributed by atoms with van der Waals surface area (Å²) in [6.07, 6.45) is 2.60. The van der Waals surface area contributed by atoms with Crippen molar-refractivity contribution in [1.29, 1.82) is 0 Å². The Labute approximate surface area is 108 Å². The van der Waals surface area contributed by atoms with Crippen molar-refractivity contribution in [2.24, 2.45) is 5.92 Å². The van der Waals surface area contributed by atoms with E-state index >= 15 is 0 Å². The molecule has 1 fully saturated rings. The summed E-state index contributed by atoms with van der Waals surface area (Å²) in [5.74, 6) is 0.878. The summed E-state index contributed by atoms with van der Waals surface area (Å²) in [6.45, 7) is 9.00. The molecular formula is C13H23N3S. The van der Waals surface area contributed by atoms with Crippen molar-refractivity contribution in [3.8, 4) is 0 Å². The minimum atomic E-state index is 0.407. The van der Waals surface area contributed by atoms with Crippen LogP contribution in [0.25, 0.3) is 0 Å². The highest BCUT2D eigenvalue weighted by atomic mass is 32.1. The molecule has 1 saturated heterocycles. The van der Waals surface area contributed by atoms with E-state index in [2.05, 4.69) is 31.0 Å². The van der Waals surface area contributed by atoms with E-state index in [9.17, 15) is 0 Å². The molecule has 2 heterocycles. The third kappa shape index (κ3) is 2.80. The lowest BCUT2D eigenvalue weighted by molar-refractivity contribution is 0.438. The second kappa shape index (κ2) is 5.36. The number of thiazole rings is 1. The molecule has 0 aromatic carbocycles. The maximum atomic E-state index is 4.73. The number of hydrogen-bond donors (Lipinski definition) is 1. The zero-order valence-corrected chi connectivity index (χ0v) is 12.1. The van der Waals surface area contributed by atoms with Gasteiger partial charge in [0.2, 0.25) is 0 Å². The van der Waals surface area contributed by atoms with E-state index in [0.29, 0.717) is 6.04 Å². The quantitative estimate of drug-likeness (QED) is 0.897. The van der Waals surface area contributed by atoms with E-state index in [0.717, 1.165) is 5.92 Å². The molecule has 4 heteroatoms. The zero-order valence-electron chi connectivity index (χ0n) is 11.3. The van der Waals surface area contributed by atoms with E-state index in [-0.39, 0.29) is 0 Å². The van der Waals surface area contributed by atoms with Gasteiger partial charge in [0.05, 0.1) is 5.69 Å². The molecule has 1 aliphatic rings. The number of rotatable bonds is 3. The van der Waals surface area contributed by atoms with Crippen LogP contribution in [0.4, 0.5) is 5.13 Å². The summed E-state index contributed by atoms with van der Waals surface area (Å²) in [7, 11) is 2.01. The smallest absolute Gasteiger partial charge is 0.185 e. The van der Waals surface area contributed by atoms with Gasteiger partial charge in [-0.2, -0.15) is 0 Å². The Morgan fingerprint density at radius 1 is 1.41 bits per heavy atom. The van der Waals surface area contributed by atoms with Gasteiger partial charge in [-0.3, -0.25) is 0 Å². The maximum Gasteiger partial charge on any atom is 0.185 e. The second-order valence-electron chi connectivity index (χ2n) is 5.13. The first-order valence-electron chi connectivity index (χ1n) is 6.51. The number of aryl methyl sites for hydroxylation is 1. The summed E-state index contributed by atoms with van der Waals surface area (Å²) in [5.41, 5.74) is 1.19. The second-order valence-corrected chi connectivity index (χ2v) is 6.14. The fourth-order valence-corrected chi connectivity index (χ4v) is 3.44. The Morgan fingerprint density at radius 2 is 2.06 bits per heavy atom. The molecule has 1 aromatic rings. The summed E-state index contributed by atoms with van der Waals surface area (Å²) in [5, 5.41) is 4.51. The molecule has 1 N–H and O–H groups in total. The third-order valence-corrected chi connectivity index (χ3v) is 5.10. The topological polar surface area (TPSA) is 28.2 Å². The van der Waals surface area contributed by atoms with Crippen LogP contribution in [-0.2, 0) is 0 Å². The number of anilines is 1. The van der Waals surface area contributed by atoms with Crippen molar-refractivity contribution in [2.45, 2.75) is 39.7 Å². The summed E-state index contributed by atoms with van der Waals surface area (Å²) in [6, 6.07) is 0.407. The van der Waals surface area contributed by atoms with Gasteiger partial charge in [-0.05, 0) is 39.7 Å². The van der Waals surface area contributed by atoms with E-state index in [4.69, 9.17) is 4.98 Å². The molecule has 2 rings (SSSR count). The van der Waals surface area contributed by atoms with Gasteiger partial charge in [0.1, 0.15) is 0 Å². The summed E-state index contributed by atoms with van der Waals surface area (Å²) < 4.78 is 0. The van der Waals surface area contributed by atoms with Crippen LogP contribution in [0.3, 0.4) is 0 Å². The minimum Gasteiger partial charge on any atom is -0.348 e. The average molecular weight is 253 g/mol. The van der Waals surface area contributed by atoms with Crippen LogP contribution in [0, 0.1) is 12.8 Å². The fraction of sp³-hybridized carbons (Fsp3) is 0.769. The molecule has 96 valence electrons. The van der Waals surface area contributed by atoms with Crippen LogP contribution in [0.2, 0.25) is 0 Å². The Bertz CT molecular complexity index is 367. The first kappa shape index (κ1) is 12.8. The van der Waals surface area contributed by atoms with Gasteiger partial charge < -0.3 is 10.2 Å². The number of aromatic nitrogens is 1. The Morgan fingerprint density at radius 3 is 2.65 bits per heavy atom. The van der Waals surface area contributed by atoms with Gasteiger partial charge in [-0.15, -0.1) is 11.3 Å². The number of hydrogen-bond acceptors (Lipinski definition) is 4. The van der Waals surface area contributed by atoms with Crippen LogP contribution in [0.5, 0.6) is 0 Å². The predicted octanol–water partition coefficient (Wildman–Crippen LogP) is 2.97. The molecule has 1 aliphatic heterocycles. The SMILES string of the molecule is CNC(C)c1sc(N2CCC(C)CC2)nc1C. The van der Waals surface area contributed by atoms with E-state index in [1.165, 1.54) is 41.6 Å². The maximum absolute atomic E-state index is 4.73. The first-order valence-corrected chi connectivity index (χ1v) is 7.33. The van der Waals surface area contributed by atoms with Crippen molar-refractivity contribution in [2.75, 3.05) is 25.0 Å². The molecule has 0 radical (unpaired) electrons. The fourth-order valence-electron chi connectivity index (χ4n) is 2.26. The first-order chi connectivity index (χ1) is 8.11. The monoisotopic (exact) mass is 253 g/mol. The Hall–Kier alpha value is -0.610. The van der Waals surface area contributed by atoms with Crippen LogP contribution in [0.15, 0.2) is 0 Å². The highest BCUT2D eigenvalue weighted by Gasteiger charge is 2.21. The number of nitrogens with zero attached hydrogens (tertiary/aromatic N) is 2. The lowest BCUT2D eigenvalue weighted by Gasteiger charge is -2.29. The number of nitrogens with one attached hydrogen (secondary N) is 1. The van der Waals surface area contributed by atoms with Crippen molar-refractivity contribution < 1.29 is 0 Å². The van der Waals surface area contributed by atoms with E-state index in [1.54, 1.807) is 0 Å². The van der Waals surface area contributed by atoms with Crippen LogP contribution in [-0.4, -0.2) is 25.1 Å². The lowest BCUT2D eigenvalue weighted by Crippen LogP contribution is -2.32. The van der Waals surface area contributed by atoms with Gasteiger partial charge in [-0.1, -0.05) is 6.92 Å². The van der Waals surface area contributed by atoms with Crippen molar-refractivity contribution in [3.05, 3.63) is 10.6 Å². The van der Waals surface area contributed by atoms with E-state index in [1.807, 2.05) is 18.4 Å². The molecule has 0 aliphatic carbocycles. The summed E-state index contributed by atoms with van der Waals surface area (Å²) >= 11 is 1.85. The van der Waals surface area contributed by atoms with Crippen molar-refractivity contribution in [1.82, 2.24) is 10.3 Å². The molecule has 1 atom stereocenters. The largest absolute Gasteiger partial charge is 0.348 e. The normalized spacial score (nSPS) is 19.6. The van der Waals surface area contributed by atoms with Crippen molar-refractivity contribution >= 4 is 16.5 Å². The van der Waals surface area contributed by atoms with Crippen LogP contribution < -0.4 is 10.2 Å². The van der Waals surface area contributed by atoms with Gasteiger partial charge in [0.25, 0.3) is 0 Å². The highest BCUT2D eigenvalue weighted by molar-refractivity contribution is 7.15. The number of piperidine rings is 1. The molecule has 0 spiro atoms. The standard InChI is InChI=1S/C13H23N3S/c1-9-5-7-16(8-6-9)13-15-11(3)12(17-13)10(2)14-4/h9-10,14H,5-8H2,1-4H3. The predicted molar refractivity (Wildman–Crippen MR) is 74.9 cm³/mol. The summed E-state index contributed by atoms with van der Waals surface area (Å²) in [4.78, 5) is 8.56. The molecule has 3 nitrogen and oxygen atoms in total. The Kier molecular flexibility index (Phi) is 4.05. The molecule has 0 bridgehead atoms. The molecule has 1 unspecified atom stereocenters. The molecular weight excluding hydrogens is 230 g/mol. The van der Waals surface area contributed by atoms with Crippen molar-refractivity contribution in [3.63, 3.8) is 0 Å². The molecule has 0 saturated carbocycles. The Balaban J connectivity index is 2.11. The third-order valence-electron chi connectivity index (χ3n) is 3.70. The molecule has 0 amide bonds. The molecule has 1 aromatic heterocycles. The zero-order chi connectivity index (χ0) is 12.4. The van der Waals surface area contributed by atoms with E-state index < -0.39 is 0 Å². The average Bonchev–Trinajstić information content (AvgIpc) is 2.71. The van der Waals surface area contributed by atoms with Crippen LogP contribution >= 0.6 is 11.3 Å². The minimum absolute atomic E-state index is 0.407. The van der Waals surface area contributed by atoms with Gasteiger partial charge in [0.15, 0.2) is 5.13 Å².